The highest BCUT2D eigenvalue weighted by Gasteiger charge is 2.08. The van der Waals surface area contributed by atoms with Crippen LogP contribution in [0.5, 0.6) is 0 Å². The fourth-order valence-corrected chi connectivity index (χ4v) is 4.41. The summed E-state index contributed by atoms with van der Waals surface area (Å²) in [5.41, 5.74) is 7.32. The van der Waals surface area contributed by atoms with E-state index in [1.807, 2.05) is 6.08 Å². The summed E-state index contributed by atoms with van der Waals surface area (Å²) in [6, 6.07) is 36.8. The Morgan fingerprint density at radius 2 is 1.29 bits per heavy atom. The first-order valence-electron chi connectivity index (χ1n) is 10.7. The maximum Gasteiger partial charge on any atom is -0.0105 e. The van der Waals surface area contributed by atoms with Crippen molar-refractivity contribution in [2.45, 2.75) is 6.92 Å². The van der Waals surface area contributed by atoms with Crippen LogP contribution in [0.4, 0.5) is 0 Å². The Kier molecular flexibility index (Phi) is 4.98. The summed E-state index contributed by atoms with van der Waals surface area (Å²) in [5, 5.41) is 5.08. The lowest BCUT2D eigenvalue weighted by Crippen LogP contribution is -1.88. The second kappa shape index (κ2) is 8.08. The average molecular weight is 397 g/mol. The van der Waals surface area contributed by atoms with Crippen LogP contribution >= 0.6 is 0 Å². The van der Waals surface area contributed by atoms with E-state index in [4.69, 9.17) is 0 Å². The number of hydrogen-bond donors (Lipinski definition) is 0. The van der Waals surface area contributed by atoms with Crippen LogP contribution < -0.4 is 0 Å². The Morgan fingerprint density at radius 1 is 0.645 bits per heavy atom. The van der Waals surface area contributed by atoms with Crippen molar-refractivity contribution in [3.8, 4) is 11.1 Å². The van der Waals surface area contributed by atoms with E-state index in [0.29, 0.717) is 0 Å². The predicted octanol–water partition coefficient (Wildman–Crippen LogP) is 8.86. The number of fused-ring (bicyclic) bond motifs is 2. The molecule has 0 fully saturated rings. The van der Waals surface area contributed by atoms with Gasteiger partial charge in [0.25, 0.3) is 0 Å². The molecule has 5 rings (SSSR count). The van der Waals surface area contributed by atoms with E-state index in [2.05, 4.69) is 123 Å². The molecule has 0 atom stereocenters. The second-order valence-electron chi connectivity index (χ2n) is 7.93. The van der Waals surface area contributed by atoms with Gasteiger partial charge in [0.05, 0.1) is 0 Å². The summed E-state index contributed by atoms with van der Waals surface area (Å²) in [5.74, 6) is 0. The van der Waals surface area contributed by atoms with Crippen molar-refractivity contribution in [3.05, 3.63) is 126 Å². The van der Waals surface area contributed by atoms with Gasteiger partial charge in [0, 0.05) is 0 Å². The summed E-state index contributed by atoms with van der Waals surface area (Å²) < 4.78 is 0. The molecular weight excluding hydrogens is 372 g/mol. The normalized spacial score (nSPS) is 11.7. The molecule has 0 saturated heterocycles. The van der Waals surface area contributed by atoms with Gasteiger partial charge >= 0.3 is 0 Å². The van der Waals surface area contributed by atoms with Gasteiger partial charge < -0.3 is 0 Å². The van der Waals surface area contributed by atoms with Crippen LogP contribution in [0.2, 0.25) is 0 Å². The molecule has 0 amide bonds. The lowest BCUT2D eigenvalue weighted by atomic mass is 9.93. The largest absolute Gasteiger partial charge is 0.0984 e. The van der Waals surface area contributed by atoms with Crippen molar-refractivity contribution in [1.29, 1.82) is 0 Å². The first-order chi connectivity index (χ1) is 15.2. The van der Waals surface area contributed by atoms with E-state index < -0.39 is 0 Å². The highest BCUT2D eigenvalue weighted by atomic mass is 14.1. The van der Waals surface area contributed by atoms with Crippen LogP contribution in [-0.4, -0.2) is 0 Å². The van der Waals surface area contributed by atoms with Crippen molar-refractivity contribution in [2.75, 3.05) is 0 Å². The molecule has 0 bridgehead atoms. The van der Waals surface area contributed by atoms with Gasteiger partial charge in [0.15, 0.2) is 0 Å². The van der Waals surface area contributed by atoms with Crippen LogP contribution in [0.3, 0.4) is 0 Å². The number of hydrogen-bond acceptors (Lipinski definition) is 0. The van der Waals surface area contributed by atoms with Crippen molar-refractivity contribution in [1.82, 2.24) is 0 Å². The third-order valence-corrected chi connectivity index (χ3v) is 5.99. The molecule has 0 aromatic heterocycles. The first kappa shape index (κ1) is 19.1. The lowest BCUT2D eigenvalue weighted by Gasteiger charge is -2.12. The monoisotopic (exact) mass is 396 g/mol. The summed E-state index contributed by atoms with van der Waals surface area (Å²) in [7, 11) is 0. The van der Waals surface area contributed by atoms with Crippen molar-refractivity contribution < 1.29 is 0 Å². The van der Waals surface area contributed by atoms with Crippen LogP contribution in [-0.2, 0) is 0 Å². The van der Waals surface area contributed by atoms with Gasteiger partial charge in [-0.1, -0.05) is 116 Å². The number of allylic oxidation sites excluding steroid dienone is 1. The number of benzene rings is 5. The summed E-state index contributed by atoms with van der Waals surface area (Å²) >= 11 is 0. The molecule has 0 aliphatic heterocycles. The van der Waals surface area contributed by atoms with Crippen LogP contribution in [0.1, 0.15) is 23.6 Å². The van der Waals surface area contributed by atoms with Gasteiger partial charge in [-0.05, 0) is 67.9 Å². The second-order valence-corrected chi connectivity index (χ2v) is 7.93. The van der Waals surface area contributed by atoms with E-state index in [-0.39, 0.29) is 0 Å². The molecule has 0 heteroatoms. The van der Waals surface area contributed by atoms with Crippen molar-refractivity contribution >= 4 is 39.3 Å². The molecule has 31 heavy (non-hydrogen) atoms. The molecule has 0 saturated carbocycles. The van der Waals surface area contributed by atoms with Crippen LogP contribution in [0.25, 0.3) is 50.4 Å². The zero-order valence-corrected chi connectivity index (χ0v) is 17.7. The minimum atomic E-state index is 1.14. The minimum absolute atomic E-state index is 1.14. The van der Waals surface area contributed by atoms with E-state index in [1.165, 1.54) is 49.4 Å². The molecule has 0 unspecified atom stereocenters. The van der Waals surface area contributed by atoms with Gasteiger partial charge in [-0.3, -0.25) is 0 Å². The van der Waals surface area contributed by atoms with Gasteiger partial charge in [0.2, 0.25) is 0 Å². The zero-order valence-electron chi connectivity index (χ0n) is 17.7. The Bertz CT molecular complexity index is 1440. The zero-order chi connectivity index (χ0) is 21.2. The van der Waals surface area contributed by atoms with Gasteiger partial charge in [-0.15, -0.1) is 0 Å². The van der Waals surface area contributed by atoms with E-state index in [9.17, 15) is 0 Å². The molecule has 0 aliphatic rings. The molecule has 0 spiro atoms. The standard InChI is InChI=1S/C31H24/c1-3-23-18-19-26(31-17-9-13-25-11-5-7-15-30(25)31)21-27(23)20-22(2)28-16-8-12-24-10-4-6-14-29(24)28/h3-21H,1H2,2H3/b22-20+. The van der Waals surface area contributed by atoms with E-state index in [0.717, 1.165) is 5.56 Å². The highest BCUT2D eigenvalue weighted by molar-refractivity contribution is 5.99. The minimum Gasteiger partial charge on any atom is -0.0984 e. The summed E-state index contributed by atoms with van der Waals surface area (Å²) in [6.07, 6.45) is 4.22. The maximum atomic E-state index is 4.04. The van der Waals surface area contributed by atoms with Gasteiger partial charge in [-0.25, -0.2) is 0 Å². The molecule has 0 radical (unpaired) electrons. The third-order valence-electron chi connectivity index (χ3n) is 5.99. The molecule has 5 aromatic carbocycles. The average Bonchev–Trinajstić information content (AvgIpc) is 2.83. The smallest absolute Gasteiger partial charge is 0.0105 e. The van der Waals surface area contributed by atoms with Crippen molar-refractivity contribution in [2.24, 2.45) is 0 Å². The molecule has 0 nitrogen and oxygen atoms in total. The third kappa shape index (κ3) is 3.58. The molecular formula is C31H24. The lowest BCUT2D eigenvalue weighted by molar-refractivity contribution is 1.57. The van der Waals surface area contributed by atoms with Gasteiger partial charge in [-0.2, -0.15) is 0 Å². The quantitative estimate of drug-likeness (QED) is 0.266. The maximum absolute atomic E-state index is 4.04. The topological polar surface area (TPSA) is 0 Å². The molecule has 5 aromatic rings. The van der Waals surface area contributed by atoms with Gasteiger partial charge in [0.1, 0.15) is 0 Å². The summed E-state index contributed by atoms with van der Waals surface area (Å²) in [4.78, 5) is 0. The highest BCUT2D eigenvalue weighted by Crippen LogP contribution is 2.32. The van der Waals surface area contributed by atoms with Crippen LogP contribution in [0, 0.1) is 0 Å². The summed E-state index contributed by atoms with van der Waals surface area (Å²) in [6.45, 7) is 6.24. The fourth-order valence-electron chi connectivity index (χ4n) is 4.41. The SMILES string of the molecule is C=Cc1ccc(-c2cccc3ccccc23)cc1/C=C(\C)c1cccc2ccccc12. The predicted molar refractivity (Wildman–Crippen MR) is 137 cm³/mol. The fraction of sp³-hybridized carbons (Fsp3) is 0.0323. The van der Waals surface area contributed by atoms with Crippen molar-refractivity contribution in [3.63, 3.8) is 0 Å². The first-order valence-corrected chi connectivity index (χ1v) is 10.7. The molecule has 0 aliphatic carbocycles. The van der Waals surface area contributed by atoms with Crippen LogP contribution in [0.15, 0.2) is 110 Å². The molecule has 0 N–H and O–H groups in total. The molecule has 0 heterocycles. The Hall–Kier alpha value is -3.90. The van der Waals surface area contributed by atoms with E-state index >= 15 is 0 Å². The number of rotatable bonds is 4. The van der Waals surface area contributed by atoms with E-state index in [1.54, 1.807) is 0 Å². The Morgan fingerprint density at radius 3 is 2.06 bits per heavy atom. The Labute approximate surface area is 183 Å². The molecule has 148 valence electrons. The Balaban J connectivity index is 1.66.